The van der Waals surface area contributed by atoms with Gasteiger partial charge in [-0.1, -0.05) is 34.8 Å². The predicted molar refractivity (Wildman–Crippen MR) is 70.4 cm³/mol. The molecule has 0 aromatic heterocycles. The van der Waals surface area contributed by atoms with E-state index in [1.54, 1.807) is 0 Å². The van der Waals surface area contributed by atoms with Gasteiger partial charge in [-0.05, 0) is 6.07 Å². The van der Waals surface area contributed by atoms with Crippen LogP contribution in [0.3, 0.4) is 0 Å². The van der Waals surface area contributed by atoms with Crippen LogP contribution in [0.15, 0.2) is 12.1 Å². The molecule has 0 heterocycles. The van der Waals surface area contributed by atoms with Crippen LogP contribution in [-0.4, -0.2) is 14.2 Å². The third-order valence-corrected chi connectivity index (χ3v) is 5.08. The van der Waals surface area contributed by atoms with Gasteiger partial charge in [0.1, 0.15) is 5.75 Å². The largest absolute Gasteiger partial charge is 0.422 e. The van der Waals surface area contributed by atoms with E-state index in [1.807, 2.05) is 0 Å². The number of rotatable bonds is 4. The van der Waals surface area contributed by atoms with Crippen LogP contribution < -0.4 is 4.52 Å². The number of hydrogen-bond donors (Lipinski definition) is 0. The van der Waals surface area contributed by atoms with Crippen LogP contribution in [-0.2, 0) is 37.9 Å². The van der Waals surface area contributed by atoms with E-state index in [9.17, 15) is 0 Å². The molecule has 3 nitrogen and oxygen atoms in total. The Morgan fingerprint density at radius 3 is 1.94 bits per heavy atom. The Morgan fingerprint density at radius 2 is 1.47 bits per heavy atom. The van der Waals surface area contributed by atoms with Gasteiger partial charge in [-0.3, -0.25) is 0 Å². The fourth-order valence-electron chi connectivity index (χ4n) is 0.844. The third kappa shape index (κ3) is 4.87. The smallest absolute Gasteiger partial charge is 0.380 e. The Kier molecular flexibility index (Phi) is 7.97. The van der Waals surface area contributed by atoms with Gasteiger partial charge >= 0.3 is 6.72 Å². The minimum absolute atomic E-state index is 0. The van der Waals surface area contributed by atoms with Gasteiger partial charge in [-0.15, -0.1) is 0 Å². The van der Waals surface area contributed by atoms with Crippen LogP contribution in [0.4, 0.5) is 0 Å². The third-order valence-electron chi connectivity index (χ3n) is 1.63. The van der Waals surface area contributed by atoms with Crippen molar-refractivity contribution in [3.63, 3.8) is 0 Å². The second-order valence-corrected chi connectivity index (χ2v) is 6.97. The monoisotopic (exact) mass is 383 g/mol. The molecule has 0 bridgehead atoms. The second-order valence-electron chi connectivity index (χ2n) is 2.60. The molecule has 0 saturated carbocycles. The molecular formula is C8H8Cl3CuO3PS. The van der Waals surface area contributed by atoms with E-state index in [2.05, 4.69) is 0 Å². The Hall–Kier alpha value is 0.979. The van der Waals surface area contributed by atoms with Crippen molar-refractivity contribution >= 4 is 53.3 Å². The zero-order valence-electron chi connectivity index (χ0n) is 8.67. The van der Waals surface area contributed by atoms with Crippen LogP contribution in [0.2, 0.25) is 15.1 Å². The molecule has 1 rings (SSSR count). The summed E-state index contributed by atoms with van der Waals surface area (Å²) in [5, 5.41) is 0.940. The van der Waals surface area contributed by atoms with Crippen molar-refractivity contribution in [2.75, 3.05) is 14.2 Å². The van der Waals surface area contributed by atoms with Crippen molar-refractivity contribution in [2.45, 2.75) is 0 Å². The minimum atomic E-state index is -2.82. The molecule has 0 atom stereocenters. The molecular weight excluding hydrogens is 377 g/mol. The first-order valence-electron chi connectivity index (χ1n) is 3.97. The first-order chi connectivity index (χ1) is 7.41. The van der Waals surface area contributed by atoms with Crippen molar-refractivity contribution in [3.05, 3.63) is 27.2 Å². The SMILES string of the molecule is COP(=S)(OC)Oc1cc(Cl)c(Cl)cc1Cl.[Cu]. The molecule has 9 heteroatoms. The zero-order valence-corrected chi connectivity index (χ0v) is 13.6. The summed E-state index contributed by atoms with van der Waals surface area (Å²) in [6, 6.07) is 2.93. The summed E-state index contributed by atoms with van der Waals surface area (Å²) in [5.74, 6) is 0.281. The van der Waals surface area contributed by atoms with Crippen molar-refractivity contribution in [3.8, 4) is 5.75 Å². The van der Waals surface area contributed by atoms with Crippen LogP contribution in [0, 0.1) is 0 Å². The molecule has 0 aliphatic carbocycles. The maximum Gasteiger partial charge on any atom is 0.380 e. The first-order valence-corrected chi connectivity index (χ1v) is 7.66. The average molecular weight is 385 g/mol. The molecule has 1 radical (unpaired) electrons. The molecule has 0 N–H and O–H groups in total. The van der Waals surface area contributed by atoms with E-state index in [1.165, 1.54) is 26.4 Å². The molecule has 0 aliphatic rings. The van der Waals surface area contributed by atoms with E-state index >= 15 is 0 Å². The van der Waals surface area contributed by atoms with Crippen molar-refractivity contribution in [1.82, 2.24) is 0 Å². The van der Waals surface area contributed by atoms with Gasteiger partial charge in [0.25, 0.3) is 0 Å². The summed E-state index contributed by atoms with van der Waals surface area (Å²) in [6.45, 7) is -2.82. The number of halogens is 3. The molecule has 0 saturated heterocycles. The molecule has 1 aromatic carbocycles. The summed E-state index contributed by atoms with van der Waals surface area (Å²) in [5.41, 5.74) is 0. The molecule has 1 aromatic rings. The maximum atomic E-state index is 5.91. The molecule has 0 spiro atoms. The van der Waals surface area contributed by atoms with Gasteiger partial charge in [0.2, 0.25) is 0 Å². The summed E-state index contributed by atoms with van der Waals surface area (Å²) < 4.78 is 15.3. The van der Waals surface area contributed by atoms with Crippen molar-refractivity contribution in [2.24, 2.45) is 0 Å². The van der Waals surface area contributed by atoms with Gasteiger partial charge in [0, 0.05) is 49.2 Å². The number of benzene rings is 1. The van der Waals surface area contributed by atoms with Gasteiger partial charge in [0.15, 0.2) is 0 Å². The summed E-state index contributed by atoms with van der Waals surface area (Å²) in [7, 11) is 2.80. The van der Waals surface area contributed by atoms with Gasteiger partial charge in [0.05, 0.1) is 15.1 Å². The van der Waals surface area contributed by atoms with Crippen molar-refractivity contribution in [1.29, 1.82) is 0 Å². The van der Waals surface area contributed by atoms with Gasteiger partial charge < -0.3 is 13.6 Å². The summed E-state index contributed by atoms with van der Waals surface area (Å²) in [4.78, 5) is 0. The Bertz CT molecular complexity index is 438. The van der Waals surface area contributed by atoms with Crippen molar-refractivity contribution < 1.29 is 30.6 Å². The maximum absolute atomic E-state index is 5.91. The Labute approximate surface area is 130 Å². The quantitative estimate of drug-likeness (QED) is 0.432. The molecule has 0 fully saturated rings. The zero-order chi connectivity index (χ0) is 12.3. The summed E-state index contributed by atoms with van der Waals surface area (Å²) in [6.07, 6.45) is 0. The average Bonchev–Trinajstić information content (AvgIpc) is 2.25. The standard InChI is InChI=1S/C8H8Cl3O3PS.Cu/c1-12-15(16,13-2)14-8-4-6(10)5(9)3-7(8)11;/h3-4H,1-2H3;. The van der Waals surface area contributed by atoms with E-state index in [4.69, 9.17) is 60.2 Å². The Morgan fingerprint density at radius 1 is 1.00 bits per heavy atom. The molecule has 101 valence electrons. The van der Waals surface area contributed by atoms with E-state index in [0.717, 1.165) is 0 Å². The molecule has 0 aliphatic heterocycles. The Balaban J connectivity index is 0.00000256. The van der Waals surface area contributed by atoms with Crippen LogP contribution in [0.5, 0.6) is 5.75 Å². The minimum Gasteiger partial charge on any atom is -0.422 e. The van der Waals surface area contributed by atoms with Crippen LogP contribution >= 0.6 is 41.5 Å². The summed E-state index contributed by atoms with van der Waals surface area (Å²) >= 11 is 22.5. The molecule has 0 amide bonds. The number of hydrogen-bond acceptors (Lipinski definition) is 4. The second kappa shape index (κ2) is 7.54. The van der Waals surface area contributed by atoms with Gasteiger partial charge in [-0.2, -0.15) is 0 Å². The predicted octanol–water partition coefficient (Wildman–Crippen LogP) is 4.54. The van der Waals surface area contributed by atoms with E-state index in [0.29, 0.717) is 10.0 Å². The van der Waals surface area contributed by atoms with E-state index < -0.39 is 6.72 Å². The fraction of sp³-hybridized carbons (Fsp3) is 0.250. The molecule has 0 unspecified atom stereocenters. The van der Waals surface area contributed by atoms with Gasteiger partial charge in [-0.25, -0.2) is 0 Å². The van der Waals surface area contributed by atoms with E-state index in [-0.39, 0.29) is 27.8 Å². The molecule has 17 heavy (non-hydrogen) atoms. The topological polar surface area (TPSA) is 27.7 Å². The van der Waals surface area contributed by atoms with Crippen LogP contribution in [0.1, 0.15) is 0 Å². The van der Waals surface area contributed by atoms with Crippen LogP contribution in [0.25, 0.3) is 0 Å². The normalized spacial score (nSPS) is 10.9. The first kappa shape index (κ1) is 18.0. The fourth-order valence-corrected chi connectivity index (χ4v) is 2.40.